The molecule has 16 heteroatoms. The van der Waals surface area contributed by atoms with E-state index < -0.39 is 29.4 Å². The summed E-state index contributed by atoms with van der Waals surface area (Å²) < 4.78 is 35.4. The minimum absolute atomic E-state index is 0.00740. The van der Waals surface area contributed by atoms with Crippen molar-refractivity contribution in [3.8, 4) is 0 Å². The number of nitrogens with zero attached hydrogens (tertiary/aromatic N) is 4. The molecule has 0 amide bonds. The number of alkyl halides is 3. The van der Waals surface area contributed by atoms with Gasteiger partial charge < -0.3 is 10.3 Å². The number of hydrogen-bond donors (Lipinski definition) is 3. The monoisotopic (exact) mass is 529 g/mol. The second kappa shape index (κ2) is 8.14. The van der Waals surface area contributed by atoms with Gasteiger partial charge in [0.25, 0.3) is 15.3 Å². The van der Waals surface area contributed by atoms with Crippen molar-refractivity contribution >= 4 is 73.9 Å². The van der Waals surface area contributed by atoms with E-state index in [9.17, 15) is 23.3 Å². The maximum Gasteiger partial charge on any atom is 0.287 e. The first-order valence-corrected chi connectivity index (χ1v) is 10.1. The minimum atomic E-state index is -2.68. The van der Waals surface area contributed by atoms with Gasteiger partial charge in [0, 0.05) is 6.07 Å². The van der Waals surface area contributed by atoms with E-state index in [4.69, 9.17) is 17.3 Å². The largest absolute Gasteiger partial charge is 0.340 e. The number of benzene rings is 1. The fraction of sp³-hybridized carbons (Fsp3) is 0.154. The molecule has 0 aliphatic heterocycles. The molecule has 0 spiro atoms. The summed E-state index contributed by atoms with van der Waals surface area (Å²) in [6.45, 7) is 0. The Morgan fingerprint density at radius 2 is 2.10 bits per heavy atom. The predicted molar refractivity (Wildman–Crippen MR) is 108 cm³/mol. The highest BCUT2D eigenvalue weighted by Gasteiger charge is 2.48. The summed E-state index contributed by atoms with van der Waals surface area (Å²) in [6, 6.07) is 2.78. The number of H-pyrrole nitrogens is 1. The van der Waals surface area contributed by atoms with Gasteiger partial charge in [-0.25, -0.2) is 28.1 Å². The Kier molecular flexibility index (Phi) is 6.14. The lowest BCUT2D eigenvalue weighted by Gasteiger charge is -2.24. The Morgan fingerprint density at radius 1 is 1.38 bits per heavy atom. The molecular weight excluding hydrogens is 523 g/mol. The van der Waals surface area contributed by atoms with Crippen molar-refractivity contribution in [1.82, 2.24) is 19.9 Å². The quantitative estimate of drug-likeness (QED) is 0.134. The number of aromatic amines is 1. The van der Waals surface area contributed by atoms with E-state index in [0.29, 0.717) is 6.07 Å². The van der Waals surface area contributed by atoms with Crippen LogP contribution in [0.3, 0.4) is 0 Å². The molecule has 0 bridgehead atoms. The normalized spacial score (nSPS) is 15.7. The average Bonchev–Trinajstić information content (AvgIpc) is 3.03. The lowest BCUT2D eigenvalue weighted by atomic mass is 10.3. The second-order valence-electron chi connectivity index (χ2n) is 5.28. The smallest absolute Gasteiger partial charge is 0.287 e. The number of aromatic nitrogens is 4. The zero-order valence-electron chi connectivity index (χ0n) is 13.7. The van der Waals surface area contributed by atoms with E-state index in [0.717, 1.165) is 12.1 Å². The molecule has 2 atom stereocenters. The molecule has 0 radical (unpaired) electrons. The summed E-state index contributed by atoms with van der Waals surface area (Å²) in [5.74, 6) is -2.21. The third-order valence-electron chi connectivity index (χ3n) is 3.26. The number of anilines is 2. The first-order chi connectivity index (χ1) is 13.5. The Morgan fingerprint density at radius 3 is 2.72 bits per heavy atom. The Hall–Kier alpha value is -1.81. The highest BCUT2D eigenvalue weighted by molar-refractivity contribution is 9.12. The van der Waals surface area contributed by atoms with Gasteiger partial charge in [-0.1, -0.05) is 11.6 Å². The van der Waals surface area contributed by atoms with Gasteiger partial charge in [-0.3, -0.25) is 15.8 Å². The van der Waals surface area contributed by atoms with E-state index >= 15 is 0 Å². The second-order valence-corrected chi connectivity index (χ2v) is 10.9. The van der Waals surface area contributed by atoms with Crippen molar-refractivity contribution < 1.29 is 17.5 Å². The van der Waals surface area contributed by atoms with E-state index in [2.05, 4.69) is 41.2 Å². The standard InChI is InChI=1S/C13H8BrClF3N7O2S2/c14-13(15,18)28-12(19,29-25(26)27)11-23-9-8(20-4-21-9)10(24-11)22-7-2-1-5(16)3-6(7)17/h1-4H,19H2,(H2,20,21,22,23,24). The molecule has 3 aromatic rings. The van der Waals surface area contributed by atoms with Gasteiger partial charge in [-0.15, -0.1) is 0 Å². The first-order valence-electron chi connectivity index (χ1n) is 7.30. The summed E-state index contributed by atoms with van der Waals surface area (Å²) in [4.78, 5) is 25.8. The minimum Gasteiger partial charge on any atom is -0.340 e. The highest BCUT2D eigenvalue weighted by atomic mass is 79.9. The van der Waals surface area contributed by atoms with Crippen molar-refractivity contribution in [3.05, 3.63) is 52.1 Å². The molecule has 2 aromatic heterocycles. The summed E-state index contributed by atoms with van der Waals surface area (Å²) >= 11 is 8.00. The highest BCUT2D eigenvalue weighted by Crippen LogP contribution is 2.52. The van der Waals surface area contributed by atoms with E-state index in [-0.39, 0.29) is 46.4 Å². The van der Waals surface area contributed by atoms with Crippen molar-refractivity contribution in [1.29, 1.82) is 0 Å². The van der Waals surface area contributed by atoms with Crippen LogP contribution < -0.4 is 11.1 Å². The first kappa shape index (κ1) is 21.9. The summed E-state index contributed by atoms with van der Waals surface area (Å²) in [5.41, 5.74) is 6.05. The van der Waals surface area contributed by atoms with Crippen LogP contribution in [0.25, 0.3) is 11.2 Å². The van der Waals surface area contributed by atoms with Crippen LogP contribution in [0.5, 0.6) is 0 Å². The van der Waals surface area contributed by atoms with Crippen molar-refractivity contribution in [2.75, 3.05) is 5.32 Å². The molecule has 4 N–H and O–H groups in total. The van der Waals surface area contributed by atoms with Crippen molar-refractivity contribution in [3.63, 3.8) is 0 Å². The molecule has 0 aliphatic rings. The van der Waals surface area contributed by atoms with Crippen LogP contribution in [0.1, 0.15) is 5.82 Å². The number of nitro groups is 1. The topological polar surface area (TPSA) is 136 Å². The van der Waals surface area contributed by atoms with Crippen molar-refractivity contribution in [2.24, 2.45) is 5.73 Å². The maximum atomic E-state index is 14.0. The molecule has 154 valence electrons. The van der Waals surface area contributed by atoms with Gasteiger partial charge in [-0.05, 0) is 39.8 Å². The number of fused-ring (bicyclic) bond motifs is 1. The summed E-state index contributed by atoms with van der Waals surface area (Å²) in [6.07, 6.45) is 1.24. The van der Waals surface area contributed by atoms with Crippen LogP contribution >= 0.6 is 51.2 Å². The zero-order chi connectivity index (χ0) is 21.4. The zero-order valence-corrected chi connectivity index (χ0v) is 17.7. The number of halogens is 5. The number of imidazole rings is 1. The molecule has 1 aromatic carbocycles. The molecular formula is C13H8BrClF3N7O2S2. The van der Waals surface area contributed by atoms with Gasteiger partial charge >= 0.3 is 0 Å². The molecule has 2 unspecified atom stereocenters. The lowest BCUT2D eigenvalue weighted by molar-refractivity contribution is -0.285. The lowest BCUT2D eigenvalue weighted by Crippen LogP contribution is -2.35. The van der Waals surface area contributed by atoms with Gasteiger partial charge in [0.05, 0.1) is 12.0 Å². The van der Waals surface area contributed by atoms with Gasteiger partial charge in [0.1, 0.15) is 21.5 Å². The van der Waals surface area contributed by atoms with E-state index in [1.165, 1.54) is 6.33 Å². The van der Waals surface area contributed by atoms with E-state index in [1.54, 1.807) is 0 Å². The molecule has 0 saturated carbocycles. The van der Waals surface area contributed by atoms with Crippen LogP contribution in [0.2, 0.25) is 0 Å². The number of nitrogens with one attached hydrogen (secondary N) is 2. The van der Waals surface area contributed by atoms with Gasteiger partial charge in [0.15, 0.2) is 17.3 Å². The van der Waals surface area contributed by atoms with Gasteiger partial charge in [-0.2, -0.15) is 0 Å². The number of hydrogen-bond acceptors (Lipinski definition) is 9. The molecule has 0 saturated heterocycles. The van der Waals surface area contributed by atoms with Crippen LogP contribution in [0.15, 0.2) is 24.5 Å². The van der Waals surface area contributed by atoms with Crippen LogP contribution in [-0.2, 0) is 4.20 Å². The third kappa shape index (κ3) is 5.22. The van der Waals surface area contributed by atoms with Crippen molar-refractivity contribution in [2.45, 2.75) is 7.57 Å². The number of thioether (sulfide) groups is 1. The van der Waals surface area contributed by atoms with Gasteiger partial charge in [0.2, 0.25) is 4.20 Å². The number of rotatable bonds is 7. The Balaban J connectivity index is 2.12. The fourth-order valence-electron chi connectivity index (χ4n) is 2.19. The third-order valence-corrected chi connectivity index (χ3v) is 5.77. The van der Waals surface area contributed by atoms with Crippen LogP contribution in [0, 0.1) is 21.7 Å². The fourth-order valence-corrected chi connectivity index (χ4v) is 5.37. The molecule has 9 nitrogen and oxygen atoms in total. The SMILES string of the molecule is NC(S[N+](=O)[O-])(SC(F)(Cl)Br)c1nc(Nc2ccc(F)cc2F)c2[nH]cnc2n1. The summed E-state index contributed by atoms with van der Waals surface area (Å²) in [5, 5.41) is 13.7. The Labute approximate surface area is 181 Å². The maximum absolute atomic E-state index is 14.0. The summed E-state index contributed by atoms with van der Waals surface area (Å²) in [7, 11) is 0. The van der Waals surface area contributed by atoms with E-state index in [1.807, 2.05) is 0 Å². The Bertz CT molecular complexity index is 1090. The average molecular weight is 531 g/mol. The molecule has 0 aliphatic carbocycles. The van der Waals surface area contributed by atoms with Crippen LogP contribution in [-0.4, -0.2) is 27.6 Å². The molecule has 2 heterocycles. The molecule has 3 rings (SSSR count). The molecule has 29 heavy (non-hydrogen) atoms. The number of nitrogens with two attached hydrogens (primary N) is 1. The molecule has 0 fully saturated rings. The van der Waals surface area contributed by atoms with Crippen LogP contribution in [0.4, 0.5) is 24.7 Å². The predicted octanol–water partition coefficient (Wildman–Crippen LogP) is 4.32.